The van der Waals surface area contributed by atoms with Crippen molar-refractivity contribution >= 4 is 41.7 Å². The highest BCUT2D eigenvalue weighted by Crippen LogP contribution is 1.93. The molecule has 6 heteroatoms. The van der Waals surface area contributed by atoms with E-state index in [9.17, 15) is 0 Å². The van der Waals surface area contributed by atoms with E-state index < -0.39 is 0 Å². The highest BCUT2D eigenvalue weighted by Gasteiger charge is 1.96. The van der Waals surface area contributed by atoms with Crippen molar-refractivity contribution in [3.05, 3.63) is 0 Å². The molecule has 0 atom stereocenters. The summed E-state index contributed by atoms with van der Waals surface area (Å²) < 4.78 is 5.28. The number of thioether (sulfide) groups is 1. The average molecular weight is 389 g/mol. The summed E-state index contributed by atoms with van der Waals surface area (Å²) in [5, 5.41) is 6.60. The lowest BCUT2D eigenvalue weighted by molar-refractivity contribution is 0.143. The number of rotatable bonds is 10. The van der Waals surface area contributed by atoms with Crippen LogP contribution in [-0.4, -0.2) is 51.3 Å². The minimum absolute atomic E-state index is 0. The van der Waals surface area contributed by atoms with Crippen LogP contribution >= 0.6 is 35.7 Å². The first kappa shape index (κ1) is 20.6. The number of hydrogen-bond acceptors (Lipinski definition) is 3. The first-order valence-electron chi connectivity index (χ1n) is 6.36. The molecule has 0 bridgehead atoms. The van der Waals surface area contributed by atoms with Gasteiger partial charge in [0.05, 0.1) is 0 Å². The molecule has 0 aromatic heterocycles. The van der Waals surface area contributed by atoms with Crippen LogP contribution in [0, 0.1) is 0 Å². The lowest BCUT2D eigenvalue weighted by Crippen LogP contribution is -2.38. The normalized spacial score (nSPS) is 10.9. The first-order valence-corrected chi connectivity index (χ1v) is 7.75. The van der Waals surface area contributed by atoms with E-state index in [4.69, 9.17) is 4.74 Å². The van der Waals surface area contributed by atoms with Gasteiger partial charge >= 0.3 is 0 Å². The molecule has 0 spiro atoms. The molecule has 0 unspecified atom stereocenters. The zero-order valence-corrected chi connectivity index (χ0v) is 15.0. The fraction of sp³-hybridized carbons (Fsp3) is 0.917. The van der Waals surface area contributed by atoms with Gasteiger partial charge in [0.25, 0.3) is 0 Å². The molecule has 0 aromatic rings. The van der Waals surface area contributed by atoms with Crippen LogP contribution < -0.4 is 10.6 Å². The van der Waals surface area contributed by atoms with Crippen LogP contribution in [-0.2, 0) is 4.74 Å². The molecular formula is C12H28IN3OS. The van der Waals surface area contributed by atoms with Gasteiger partial charge in [0.1, 0.15) is 0 Å². The summed E-state index contributed by atoms with van der Waals surface area (Å²) in [5.74, 6) is 2.10. The number of ether oxygens (including phenoxy) is 1. The second-order valence-corrected chi connectivity index (χ2v) is 4.66. The third-order valence-corrected chi connectivity index (χ3v) is 2.95. The van der Waals surface area contributed by atoms with Crippen molar-refractivity contribution in [2.75, 3.05) is 45.4 Å². The van der Waals surface area contributed by atoms with Gasteiger partial charge in [-0.3, -0.25) is 4.99 Å². The molecule has 0 aliphatic carbocycles. The van der Waals surface area contributed by atoms with Crippen LogP contribution in [0.2, 0.25) is 0 Å². The maximum atomic E-state index is 5.28. The molecule has 2 N–H and O–H groups in total. The van der Waals surface area contributed by atoms with Crippen molar-refractivity contribution in [1.82, 2.24) is 10.6 Å². The molecular weight excluding hydrogens is 361 g/mol. The molecule has 18 heavy (non-hydrogen) atoms. The van der Waals surface area contributed by atoms with E-state index in [0.29, 0.717) is 0 Å². The standard InChI is InChI=1S/C12H27N3OS.HI/c1-4-16-10-6-5-8-14-12(13-2)15-9-7-11-17-3;/h4-11H2,1-3H3,(H2,13,14,15);1H. The monoisotopic (exact) mass is 389 g/mol. The highest BCUT2D eigenvalue weighted by molar-refractivity contribution is 14.0. The van der Waals surface area contributed by atoms with Crippen LogP contribution in [0.1, 0.15) is 26.2 Å². The quantitative estimate of drug-likeness (QED) is 0.261. The van der Waals surface area contributed by atoms with E-state index in [2.05, 4.69) is 21.9 Å². The number of unbranched alkanes of at least 4 members (excludes halogenated alkanes) is 1. The smallest absolute Gasteiger partial charge is 0.190 e. The molecule has 0 fully saturated rings. The summed E-state index contributed by atoms with van der Waals surface area (Å²) in [7, 11) is 1.81. The van der Waals surface area contributed by atoms with Gasteiger partial charge in [0.15, 0.2) is 5.96 Å². The topological polar surface area (TPSA) is 45.6 Å². The lowest BCUT2D eigenvalue weighted by Gasteiger charge is -2.11. The van der Waals surface area contributed by atoms with E-state index >= 15 is 0 Å². The summed E-state index contributed by atoms with van der Waals surface area (Å²) in [6.07, 6.45) is 5.52. The minimum atomic E-state index is 0. The number of guanidine groups is 1. The number of nitrogens with zero attached hydrogens (tertiary/aromatic N) is 1. The largest absolute Gasteiger partial charge is 0.382 e. The van der Waals surface area contributed by atoms with E-state index in [-0.39, 0.29) is 24.0 Å². The average Bonchev–Trinajstić information content (AvgIpc) is 2.36. The van der Waals surface area contributed by atoms with E-state index in [1.165, 1.54) is 12.2 Å². The van der Waals surface area contributed by atoms with Crippen LogP contribution in [0.5, 0.6) is 0 Å². The fourth-order valence-corrected chi connectivity index (χ4v) is 1.76. The predicted molar refractivity (Wildman–Crippen MR) is 93.5 cm³/mol. The molecule has 0 aromatic carbocycles. The van der Waals surface area contributed by atoms with Gasteiger partial charge < -0.3 is 15.4 Å². The van der Waals surface area contributed by atoms with E-state index in [1.54, 1.807) is 0 Å². The van der Waals surface area contributed by atoms with Gasteiger partial charge in [-0.2, -0.15) is 11.8 Å². The Morgan fingerprint density at radius 3 is 2.39 bits per heavy atom. The third kappa shape index (κ3) is 14.4. The van der Waals surface area contributed by atoms with Crippen LogP contribution in [0.3, 0.4) is 0 Å². The summed E-state index contributed by atoms with van der Waals surface area (Å²) in [5.41, 5.74) is 0. The molecule has 0 aliphatic rings. The lowest BCUT2D eigenvalue weighted by atomic mass is 10.3. The molecule has 0 heterocycles. The Bertz CT molecular complexity index is 194. The summed E-state index contributed by atoms with van der Waals surface area (Å²) >= 11 is 1.88. The molecule has 0 amide bonds. The van der Waals surface area contributed by atoms with Crippen molar-refractivity contribution in [3.63, 3.8) is 0 Å². The Kier molecular flexibility index (Phi) is 19.8. The first-order chi connectivity index (χ1) is 8.35. The molecule has 0 rings (SSSR count). The highest BCUT2D eigenvalue weighted by atomic mass is 127. The van der Waals surface area contributed by atoms with Crippen molar-refractivity contribution in [2.24, 2.45) is 4.99 Å². The van der Waals surface area contributed by atoms with E-state index in [0.717, 1.165) is 45.1 Å². The van der Waals surface area contributed by atoms with Crippen molar-refractivity contribution in [1.29, 1.82) is 0 Å². The maximum absolute atomic E-state index is 5.28. The second kappa shape index (κ2) is 17.3. The van der Waals surface area contributed by atoms with Crippen molar-refractivity contribution < 1.29 is 4.74 Å². The summed E-state index contributed by atoms with van der Waals surface area (Å²) in [6.45, 7) is 5.64. The maximum Gasteiger partial charge on any atom is 0.190 e. The Labute approximate surface area is 133 Å². The minimum Gasteiger partial charge on any atom is -0.382 e. The zero-order chi connectivity index (χ0) is 12.8. The van der Waals surface area contributed by atoms with Gasteiger partial charge in [-0.05, 0) is 38.2 Å². The van der Waals surface area contributed by atoms with Gasteiger partial charge in [-0.1, -0.05) is 0 Å². The second-order valence-electron chi connectivity index (χ2n) is 3.68. The Morgan fingerprint density at radius 1 is 1.17 bits per heavy atom. The van der Waals surface area contributed by atoms with Gasteiger partial charge in [-0.25, -0.2) is 0 Å². The Hall–Kier alpha value is 0.310. The SMILES string of the molecule is CCOCCCCNC(=NC)NCCCSC.I. The van der Waals surface area contributed by atoms with E-state index in [1.807, 2.05) is 25.7 Å². The molecule has 0 saturated heterocycles. The molecule has 4 nitrogen and oxygen atoms in total. The van der Waals surface area contributed by atoms with Crippen molar-refractivity contribution in [3.8, 4) is 0 Å². The summed E-state index contributed by atoms with van der Waals surface area (Å²) in [4.78, 5) is 4.18. The molecule has 0 saturated carbocycles. The third-order valence-electron chi connectivity index (χ3n) is 2.25. The molecule has 110 valence electrons. The number of hydrogen-bond donors (Lipinski definition) is 2. The zero-order valence-electron chi connectivity index (χ0n) is 11.8. The summed E-state index contributed by atoms with van der Waals surface area (Å²) in [6, 6.07) is 0. The van der Waals surface area contributed by atoms with Gasteiger partial charge in [0, 0.05) is 33.4 Å². The van der Waals surface area contributed by atoms with Crippen molar-refractivity contribution in [2.45, 2.75) is 26.2 Å². The van der Waals surface area contributed by atoms with Gasteiger partial charge in [-0.15, -0.1) is 24.0 Å². The van der Waals surface area contributed by atoms with Gasteiger partial charge in [0.2, 0.25) is 0 Å². The number of aliphatic imine (C=N–C) groups is 1. The Morgan fingerprint density at radius 2 is 1.83 bits per heavy atom. The van der Waals surface area contributed by atoms with Crippen LogP contribution in [0.25, 0.3) is 0 Å². The van der Waals surface area contributed by atoms with Crippen LogP contribution in [0.4, 0.5) is 0 Å². The number of halogens is 1. The molecule has 0 radical (unpaired) electrons. The molecule has 0 aliphatic heterocycles. The number of nitrogens with one attached hydrogen (secondary N) is 2. The predicted octanol–water partition coefficient (Wildman–Crippen LogP) is 2.34. The fourth-order valence-electron chi connectivity index (χ4n) is 1.32. The Balaban J connectivity index is 0. The van der Waals surface area contributed by atoms with Crippen LogP contribution in [0.15, 0.2) is 4.99 Å².